The Morgan fingerprint density at radius 2 is 1.95 bits per heavy atom. The summed E-state index contributed by atoms with van der Waals surface area (Å²) in [5.74, 6) is -0.308. The first-order chi connectivity index (χ1) is 8.99. The first-order valence-corrected chi connectivity index (χ1v) is 5.73. The van der Waals surface area contributed by atoms with Crippen LogP contribution in [-0.4, -0.2) is 21.1 Å². The number of aromatic nitrogens is 1. The first kappa shape index (κ1) is 12.9. The van der Waals surface area contributed by atoms with E-state index in [1.54, 1.807) is 26.0 Å². The number of rotatable bonds is 2. The van der Waals surface area contributed by atoms with Crippen molar-refractivity contribution in [2.45, 2.75) is 13.8 Å². The van der Waals surface area contributed by atoms with Gasteiger partial charge in [0.25, 0.3) is 5.91 Å². The SMILES string of the molecule is Cc1ccc(NC(=O)c2cncc(O)c2)c(C)c1O. The van der Waals surface area contributed by atoms with Crippen LogP contribution in [0.3, 0.4) is 0 Å². The summed E-state index contributed by atoms with van der Waals surface area (Å²) in [6.07, 6.45) is 2.61. The largest absolute Gasteiger partial charge is 0.507 e. The monoisotopic (exact) mass is 258 g/mol. The second-order valence-electron chi connectivity index (χ2n) is 4.29. The molecule has 0 bridgehead atoms. The number of benzene rings is 1. The van der Waals surface area contributed by atoms with E-state index in [0.29, 0.717) is 11.3 Å². The van der Waals surface area contributed by atoms with Crippen LogP contribution in [0.4, 0.5) is 5.69 Å². The highest BCUT2D eigenvalue weighted by molar-refractivity contribution is 6.04. The normalized spacial score (nSPS) is 10.2. The molecule has 2 rings (SSSR count). The molecule has 1 aromatic heterocycles. The number of pyridine rings is 1. The van der Waals surface area contributed by atoms with Gasteiger partial charge < -0.3 is 15.5 Å². The van der Waals surface area contributed by atoms with Crippen LogP contribution in [0.5, 0.6) is 11.5 Å². The van der Waals surface area contributed by atoms with Gasteiger partial charge in [0, 0.05) is 17.4 Å². The zero-order valence-electron chi connectivity index (χ0n) is 10.6. The van der Waals surface area contributed by atoms with Crippen molar-refractivity contribution >= 4 is 11.6 Å². The molecule has 0 unspecified atom stereocenters. The van der Waals surface area contributed by atoms with Gasteiger partial charge in [0.05, 0.1) is 11.8 Å². The van der Waals surface area contributed by atoms with Crippen LogP contribution in [-0.2, 0) is 0 Å². The Hall–Kier alpha value is -2.56. The number of hydrogen-bond acceptors (Lipinski definition) is 4. The van der Waals surface area contributed by atoms with Gasteiger partial charge >= 0.3 is 0 Å². The van der Waals surface area contributed by atoms with E-state index >= 15 is 0 Å². The molecule has 1 heterocycles. The van der Waals surface area contributed by atoms with Gasteiger partial charge in [0.1, 0.15) is 11.5 Å². The fourth-order valence-corrected chi connectivity index (χ4v) is 1.72. The number of phenolic OH excluding ortho intramolecular Hbond substituents is 1. The summed E-state index contributed by atoms with van der Waals surface area (Å²) in [6.45, 7) is 3.51. The quantitative estimate of drug-likeness (QED) is 0.772. The van der Waals surface area contributed by atoms with Gasteiger partial charge in [-0.05, 0) is 31.5 Å². The number of amides is 1. The average molecular weight is 258 g/mol. The molecule has 0 radical (unpaired) electrons. The molecule has 0 atom stereocenters. The number of phenols is 1. The van der Waals surface area contributed by atoms with Crippen molar-refractivity contribution in [1.29, 1.82) is 0 Å². The van der Waals surface area contributed by atoms with Gasteiger partial charge in [-0.25, -0.2) is 0 Å². The highest BCUT2D eigenvalue weighted by Gasteiger charge is 2.11. The van der Waals surface area contributed by atoms with Crippen LogP contribution >= 0.6 is 0 Å². The molecule has 5 heteroatoms. The zero-order chi connectivity index (χ0) is 14.0. The number of hydrogen-bond donors (Lipinski definition) is 3. The van der Waals surface area contributed by atoms with Crippen molar-refractivity contribution in [3.63, 3.8) is 0 Å². The van der Waals surface area contributed by atoms with Gasteiger partial charge in [-0.2, -0.15) is 0 Å². The van der Waals surface area contributed by atoms with Crippen LogP contribution in [0, 0.1) is 13.8 Å². The van der Waals surface area contributed by atoms with Gasteiger partial charge in [0.2, 0.25) is 0 Å². The lowest BCUT2D eigenvalue weighted by molar-refractivity contribution is 0.102. The Morgan fingerprint density at radius 1 is 1.21 bits per heavy atom. The van der Waals surface area contributed by atoms with Crippen molar-refractivity contribution in [2.24, 2.45) is 0 Å². The van der Waals surface area contributed by atoms with Crippen molar-refractivity contribution in [1.82, 2.24) is 4.98 Å². The Labute approximate surface area is 110 Å². The number of aromatic hydroxyl groups is 2. The molecule has 0 fully saturated rings. The van der Waals surface area contributed by atoms with Gasteiger partial charge in [-0.15, -0.1) is 0 Å². The Bertz CT molecular complexity index is 639. The highest BCUT2D eigenvalue weighted by Crippen LogP contribution is 2.28. The lowest BCUT2D eigenvalue weighted by Gasteiger charge is -2.11. The van der Waals surface area contributed by atoms with Crippen molar-refractivity contribution in [2.75, 3.05) is 5.32 Å². The van der Waals surface area contributed by atoms with E-state index in [1.807, 2.05) is 0 Å². The molecule has 0 aliphatic heterocycles. The summed E-state index contributed by atoms with van der Waals surface area (Å²) in [5.41, 5.74) is 2.12. The highest BCUT2D eigenvalue weighted by atomic mass is 16.3. The molecule has 1 amide bonds. The summed E-state index contributed by atoms with van der Waals surface area (Å²) in [6, 6.07) is 4.77. The van der Waals surface area contributed by atoms with Gasteiger partial charge in [-0.3, -0.25) is 9.78 Å². The lowest BCUT2D eigenvalue weighted by atomic mass is 10.1. The number of aryl methyl sites for hydroxylation is 1. The Morgan fingerprint density at radius 3 is 2.63 bits per heavy atom. The molecule has 98 valence electrons. The minimum Gasteiger partial charge on any atom is -0.507 e. The third kappa shape index (κ3) is 2.65. The summed E-state index contributed by atoms with van der Waals surface area (Å²) >= 11 is 0. The van der Waals surface area contributed by atoms with Crippen molar-refractivity contribution in [3.8, 4) is 11.5 Å². The van der Waals surface area contributed by atoms with Crippen LogP contribution in [0.15, 0.2) is 30.6 Å². The first-order valence-electron chi connectivity index (χ1n) is 5.73. The Balaban J connectivity index is 2.27. The third-order valence-corrected chi connectivity index (χ3v) is 2.87. The standard InChI is InChI=1S/C14H14N2O3/c1-8-3-4-12(9(2)13(8)18)16-14(19)10-5-11(17)7-15-6-10/h3-7,17-18H,1-2H3,(H,16,19). The maximum atomic E-state index is 12.0. The molecule has 0 aliphatic carbocycles. The van der Waals surface area contributed by atoms with Crippen molar-refractivity contribution < 1.29 is 15.0 Å². The molecular weight excluding hydrogens is 244 g/mol. The van der Waals surface area contributed by atoms with E-state index in [9.17, 15) is 15.0 Å². The van der Waals surface area contributed by atoms with E-state index < -0.39 is 5.91 Å². The molecular formula is C14H14N2O3. The van der Waals surface area contributed by atoms with E-state index in [1.165, 1.54) is 18.5 Å². The fraction of sp³-hybridized carbons (Fsp3) is 0.143. The number of carbonyl (C=O) groups excluding carboxylic acids is 1. The lowest BCUT2D eigenvalue weighted by Crippen LogP contribution is -2.13. The fourth-order valence-electron chi connectivity index (χ4n) is 1.72. The van der Waals surface area contributed by atoms with Crippen LogP contribution < -0.4 is 5.32 Å². The molecule has 3 N–H and O–H groups in total. The van der Waals surface area contributed by atoms with E-state index in [-0.39, 0.29) is 17.1 Å². The molecule has 2 aromatic rings. The number of nitrogens with zero attached hydrogens (tertiary/aromatic N) is 1. The second kappa shape index (κ2) is 4.97. The minimum absolute atomic E-state index is 0.0730. The molecule has 0 spiro atoms. The molecule has 0 saturated heterocycles. The number of carbonyl (C=O) groups is 1. The van der Waals surface area contributed by atoms with Crippen LogP contribution in [0.1, 0.15) is 21.5 Å². The van der Waals surface area contributed by atoms with Gasteiger partial charge in [-0.1, -0.05) is 6.07 Å². The molecule has 5 nitrogen and oxygen atoms in total. The summed E-state index contributed by atoms with van der Waals surface area (Å²) < 4.78 is 0. The van der Waals surface area contributed by atoms with E-state index in [2.05, 4.69) is 10.3 Å². The van der Waals surface area contributed by atoms with Crippen LogP contribution in [0.2, 0.25) is 0 Å². The summed E-state index contributed by atoms with van der Waals surface area (Å²) in [5, 5.41) is 21.8. The number of nitrogens with one attached hydrogen (secondary N) is 1. The molecule has 0 aliphatic rings. The summed E-state index contributed by atoms with van der Waals surface area (Å²) in [7, 11) is 0. The second-order valence-corrected chi connectivity index (χ2v) is 4.29. The third-order valence-electron chi connectivity index (χ3n) is 2.87. The summed E-state index contributed by atoms with van der Waals surface area (Å²) in [4.78, 5) is 15.7. The smallest absolute Gasteiger partial charge is 0.257 e. The minimum atomic E-state index is -0.394. The number of anilines is 1. The zero-order valence-corrected chi connectivity index (χ0v) is 10.6. The van der Waals surface area contributed by atoms with Crippen molar-refractivity contribution in [3.05, 3.63) is 47.3 Å². The van der Waals surface area contributed by atoms with E-state index in [0.717, 1.165) is 5.56 Å². The molecule has 1 aromatic carbocycles. The Kier molecular flexibility index (Phi) is 3.37. The van der Waals surface area contributed by atoms with Gasteiger partial charge in [0.15, 0.2) is 0 Å². The maximum absolute atomic E-state index is 12.0. The van der Waals surface area contributed by atoms with Crippen LogP contribution in [0.25, 0.3) is 0 Å². The predicted molar refractivity (Wildman–Crippen MR) is 71.4 cm³/mol. The molecule has 0 saturated carbocycles. The predicted octanol–water partition coefficient (Wildman–Crippen LogP) is 2.36. The topological polar surface area (TPSA) is 82.5 Å². The average Bonchev–Trinajstić information content (AvgIpc) is 2.39. The van der Waals surface area contributed by atoms with E-state index in [4.69, 9.17) is 0 Å². The molecule has 19 heavy (non-hydrogen) atoms. The maximum Gasteiger partial charge on any atom is 0.257 e.